The lowest BCUT2D eigenvalue weighted by molar-refractivity contribution is -0.146. The topological polar surface area (TPSA) is 116 Å². The number of anilines is 2. The third kappa shape index (κ3) is 3.78. The molecule has 2 aliphatic rings. The van der Waals surface area contributed by atoms with Gasteiger partial charge in [-0.1, -0.05) is 42.5 Å². The van der Waals surface area contributed by atoms with Crippen molar-refractivity contribution in [2.24, 2.45) is 23.7 Å². The number of hydrogen-bond donors (Lipinski definition) is 4. The van der Waals surface area contributed by atoms with E-state index in [9.17, 15) is 24.6 Å². The van der Waals surface area contributed by atoms with E-state index in [0.717, 1.165) is 5.56 Å². The first-order valence-electron chi connectivity index (χ1n) is 9.81. The molecule has 0 heterocycles. The summed E-state index contributed by atoms with van der Waals surface area (Å²) in [6.45, 7) is 0.491. The molecule has 2 aliphatic carbocycles. The second kappa shape index (κ2) is 8.02. The summed E-state index contributed by atoms with van der Waals surface area (Å²) in [6, 6.07) is 14.1. The molecule has 0 spiro atoms. The number of carbonyl (C=O) groups is 3. The van der Waals surface area contributed by atoms with E-state index in [4.69, 9.17) is 0 Å². The summed E-state index contributed by atoms with van der Waals surface area (Å²) in [4.78, 5) is 36.2. The Morgan fingerprint density at radius 3 is 2.27 bits per heavy atom. The molecule has 0 saturated heterocycles. The van der Waals surface area contributed by atoms with Crippen LogP contribution in [0.3, 0.4) is 0 Å². The second-order valence-electron chi connectivity index (χ2n) is 7.73. The molecule has 154 valence electrons. The van der Waals surface area contributed by atoms with E-state index in [1.807, 2.05) is 42.5 Å². The second-order valence-corrected chi connectivity index (χ2v) is 7.73. The van der Waals surface area contributed by atoms with E-state index < -0.39 is 29.7 Å². The number of fused-ring (bicyclic) bond motifs is 2. The number of aromatic carboxylic acids is 1. The van der Waals surface area contributed by atoms with E-state index >= 15 is 0 Å². The molecule has 4 rings (SSSR count). The molecule has 7 heteroatoms. The van der Waals surface area contributed by atoms with Gasteiger partial charge in [-0.2, -0.15) is 0 Å². The highest BCUT2D eigenvalue weighted by molar-refractivity contribution is 6.00. The van der Waals surface area contributed by atoms with Gasteiger partial charge in [0.25, 0.3) is 0 Å². The minimum atomic E-state index is -1.11. The molecule has 0 aromatic heterocycles. The molecule has 4 N–H and O–H groups in total. The average Bonchev–Trinajstić information content (AvgIpc) is 3.35. The highest BCUT2D eigenvalue weighted by Gasteiger charge is 2.51. The van der Waals surface area contributed by atoms with Crippen LogP contribution >= 0.6 is 0 Å². The number of carboxylic acid groups (broad SMARTS) is 2. The van der Waals surface area contributed by atoms with Gasteiger partial charge >= 0.3 is 11.9 Å². The molecule has 7 nitrogen and oxygen atoms in total. The first kappa shape index (κ1) is 19.7. The molecule has 0 aliphatic heterocycles. The largest absolute Gasteiger partial charge is 0.481 e. The Morgan fingerprint density at radius 2 is 1.60 bits per heavy atom. The van der Waals surface area contributed by atoms with Crippen LogP contribution in [0.2, 0.25) is 0 Å². The fourth-order valence-electron chi connectivity index (χ4n) is 4.46. The fourth-order valence-corrected chi connectivity index (χ4v) is 4.46. The van der Waals surface area contributed by atoms with Crippen LogP contribution < -0.4 is 10.6 Å². The maximum atomic E-state index is 13.0. The molecule has 1 saturated carbocycles. The van der Waals surface area contributed by atoms with Gasteiger partial charge in [0, 0.05) is 6.54 Å². The monoisotopic (exact) mass is 406 g/mol. The zero-order chi connectivity index (χ0) is 21.3. The number of rotatable bonds is 7. The molecule has 2 bridgehead atoms. The summed E-state index contributed by atoms with van der Waals surface area (Å²) in [5, 5.41) is 24.9. The van der Waals surface area contributed by atoms with Crippen LogP contribution in [0.15, 0.2) is 60.7 Å². The van der Waals surface area contributed by atoms with Crippen molar-refractivity contribution in [1.82, 2.24) is 0 Å². The number of nitrogens with one attached hydrogen (secondary N) is 2. The van der Waals surface area contributed by atoms with Crippen LogP contribution in [-0.4, -0.2) is 28.1 Å². The van der Waals surface area contributed by atoms with Gasteiger partial charge in [0.05, 0.1) is 28.8 Å². The highest BCUT2D eigenvalue weighted by Crippen LogP contribution is 2.48. The Bertz CT molecular complexity index is 1020. The van der Waals surface area contributed by atoms with Gasteiger partial charge in [-0.05, 0) is 42.0 Å². The van der Waals surface area contributed by atoms with Crippen LogP contribution in [0.4, 0.5) is 11.4 Å². The van der Waals surface area contributed by atoms with Gasteiger partial charge in [0.1, 0.15) is 0 Å². The number of aliphatic carboxylic acids is 1. The van der Waals surface area contributed by atoms with Crippen molar-refractivity contribution in [1.29, 1.82) is 0 Å². The molecule has 2 aromatic rings. The Balaban J connectivity index is 1.57. The summed E-state index contributed by atoms with van der Waals surface area (Å²) in [6.07, 6.45) is 4.45. The van der Waals surface area contributed by atoms with Gasteiger partial charge in [-0.3, -0.25) is 9.59 Å². The SMILES string of the molecule is O=C(O)c1ccc(NCc2ccccc2)c(NC(=O)[C@@H]2[C@H](C(=O)O)[C@H]3C=C[C@H]2C3)c1. The van der Waals surface area contributed by atoms with Crippen LogP contribution in [0.25, 0.3) is 0 Å². The number of benzene rings is 2. The lowest BCUT2D eigenvalue weighted by Gasteiger charge is -2.24. The molecular formula is C23H22N2O5. The number of amides is 1. The summed E-state index contributed by atoms with van der Waals surface area (Å²) in [7, 11) is 0. The molecule has 0 radical (unpaired) electrons. The predicted octanol–water partition coefficient (Wildman–Crippen LogP) is 3.46. The Hall–Kier alpha value is -3.61. The molecule has 4 atom stereocenters. The summed E-state index contributed by atoms with van der Waals surface area (Å²) < 4.78 is 0. The summed E-state index contributed by atoms with van der Waals surface area (Å²) in [5.41, 5.74) is 1.97. The smallest absolute Gasteiger partial charge is 0.335 e. The van der Waals surface area contributed by atoms with Gasteiger partial charge in [-0.25, -0.2) is 4.79 Å². The van der Waals surface area contributed by atoms with E-state index in [2.05, 4.69) is 10.6 Å². The lowest BCUT2D eigenvalue weighted by atomic mass is 9.82. The third-order valence-electron chi connectivity index (χ3n) is 5.90. The van der Waals surface area contributed by atoms with Crippen molar-refractivity contribution in [3.63, 3.8) is 0 Å². The van der Waals surface area contributed by atoms with Gasteiger partial charge in [0.15, 0.2) is 0 Å². The van der Waals surface area contributed by atoms with Crippen molar-refractivity contribution in [3.05, 3.63) is 71.8 Å². The van der Waals surface area contributed by atoms with Crippen molar-refractivity contribution in [2.45, 2.75) is 13.0 Å². The van der Waals surface area contributed by atoms with Crippen LogP contribution in [-0.2, 0) is 16.1 Å². The standard InChI is InChI=1S/C23H22N2O5/c26-21(19-14-6-7-15(10-14)20(19)23(29)30)25-18-11-16(22(27)28)8-9-17(18)24-12-13-4-2-1-3-5-13/h1-9,11,14-15,19-20,24H,10,12H2,(H,25,26)(H,27,28)(H,29,30)/t14-,15-,19-,20+/m0/s1. The maximum absolute atomic E-state index is 13.0. The van der Waals surface area contributed by atoms with Gasteiger partial charge in [0.2, 0.25) is 5.91 Å². The minimum Gasteiger partial charge on any atom is -0.481 e. The number of allylic oxidation sites excluding steroid dienone is 2. The van der Waals surface area contributed by atoms with Gasteiger partial charge < -0.3 is 20.8 Å². The fraction of sp³-hybridized carbons (Fsp3) is 0.261. The molecule has 1 amide bonds. The maximum Gasteiger partial charge on any atom is 0.335 e. The normalized spacial score (nSPS) is 23.9. The van der Waals surface area contributed by atoms with Crippen LogP contribution in [0, 0.1) is 23.7 Å². The predicted molar refractivity (Wildman–Crippen MR) is 111 cm³/mol. The van der Waals surface area contributed by atoms with Gasteiger partial charge in [-0.15, -0.1) is 0 Å². The van der Waals surface area contributed by atoms with Crippen molar-refractivity contribution in [2.75, 3.05) is 10.6 Å². The van der Waals surface area contributed by atoms with E-state index in [0.29, 0.717) is 24.3 Å². The summed E-state index contributed by atoms with van der Waals surface area (Å²) >= 11 is 0. The quantitative estimate of drug-likeness (QED) is 0.524. The number of carboxylic acids is 2. The van der Waals surface area contributed by atoms with E-state index in [1.165, 1.54) is 12.1 Å². The molecule has 1 fully saturated rings. The minimum absolute atomic E-state index is 0.0400. The highest BCUT2D eigenvalue weighted by atomic mass is 16.4. The van der Waals surface area contributed by atoms with Crippen molar-refractivity contribution < 1.29 is 24.6 Å². The van der Waals surface area contributed by atoms with Crippen molar-refractivity contribution >= 4 is 29.2 Å². The van der Waals surface area contributed by atoms with E-state index in [-0.39, 0.29) is 17.4 Å². The number of carbonyl (C=O) groups excluding carboxylic acids is 1. The zero-order valence-electron chi connectivity index (χ0n) is 16.1. The first-order valence-corrected chi connectivity index (χ1v) is 9.81. The molecular weight excluding hydrogens is 384 g/mol. The Labute approximate surface area is 173 Å². The molecule has 0 unspecified atom stereocenters. The zero-order valence-corrected chi connectivity index (χ0v) is 16.1. The number of hydrogen-bond acceptors (Lipinski definition) is 4. The van der Waals surface area contributed by atoms with E-state index in [1.54, 1.807) is 6.07 Å². The molecule has 30 heavy (non-hydrogen) atoms. The lowest BCUT2D eigenvalue weighted by Crippen LogP contribution is -2.36. The third-order valence-corrected chi connectivity index (χ3v) is 5.90. The van der Waals surface area contributed by atoms with Crippen molar-refractivity contribution in [3.8, 4) is 0 Å². The molecule has 2 aromatic carbocycles. The Morgan fingerprint density at radius 1 is 0.900 bits per heavy atom. The average molecular weight is 406 g/mol. The van der Waals surface area contributed by atoms with Crippen LogP contribution in [0.1, 0.15) is 22.3 Å². The Kier molecular flexibility index (Phi) is 5.27. The van der Waals surface area contributed by atoms with Crippen LogP contribution in [0.5, 0.6) is 0 Å². The summed E-state index contributed by atoms with van der Waals surface area (Å²) in [5.74, 6) is -4.16. The first-order chi connectivity index (χ1) is 14.4.